The topological polar surface area (TPSA) is 63.9 Å². The molecular weight excluding hydrogens is 382 g/mol. The Morgan fingerprint density at radius 2 is 2.17 bits per heavy atom. The SMILES string of the molecule is CCn1cnnc1C1CN(C(=O)CCCc2nc3ccccc3s2)CC12CCC2. The molecule has 2 aliphatic rings. The molecule has 1 saturated heterocycles. The third-order valence-corrected chi connectivity index (χ3v) is 7.86. The summed E-state index contributed by atoms with van der Waals surface area (Å²) in [6.45, 7) is 4.68. The Morgan fingerprint density at radius 3 is 2.93 bits per heavy atom. The monoisotopic (exact) mass is 409 g/mol. The first-order valence-electron chi connectivity index (χ1n) is 10.7. The predicted octanol–water partition coefficient (Wildman–Crippen LogP) is 4.03. The molecule has 152 valence electrons. The summed E-state index contributed by atoms with van der Waals surface area (Å²) in [5.41, 5.74) is 1.29. The molecule has 1 unspecified atom stereocenters. The van der Waals surface area contributed by atoms with Crippen molar-refractivity contribution in [2.75, 3.05) is 13.1 Å². The van der Waals surface area contributed by atoms with Gasteiger partial charge in [-0.25, -0.2) is 4.98 Å². The predicted molar refractivity (Wildman–Crippen MR) is 114 cm³/mol. The second-order valence-corrected chi connectivity index (χ2v) is 9.56. The number of carbonyl (C=O) groups is 1. The number of carbonyl (C=O) groups excluding carboxylic acids is 1. The number of aryl methyl sites for hydroxylation is 2. The number of likely N-dealkylation sites (tertiary alicyclic amines) is 1. The molecule has 0 radical (unpaired) electrons. The number of rotatable bonds is 6. The molecule has 5 rings (SSSR count). The van der Waals surface area contributed by atoms with Gasteiger partial charge in [0.2, 0.25) is 5.91 Å². The zero-order valence-corrected chi connectivity index (χ0v) is 17.7. The molecule has 0 bridgehead atoms. The second-order valence-electron chi connectivity index (χ2n) is 8.45. The van der Waals surface area contributed by atoms with Gasteiger partial charge in [0, 0.05) is 32.0 Å². The second kappa shape index (κ2) is 7.52. The van der Waals surface area contributed by atoms with Gasteiger partial charge in [0.1, 0.15) is 12.2 Å². The normalized spacial score (nSPS) is 20.4. The molecular formula is C22H27N5OS. The van der Waals surface area contributed by atoms with Crippen LogP contribution in [-0.2, 0) is 17.8 Å². The fourth-order valence-electron chi connectivity index (χ4n) is 5.01. The van der Waals surface area contributed by atoms with E-state index in [4.69, 9.17) is 4.98 Å². The van der Waals surface area contributed by atoms with Crippen molar-refractivity contribution in [3.8, 4) is 0 Å². The van der Waals surface area contributed by atoms with E-state index in [2.05, 4.69) is 38.7 Å². The fraction of sp³-hybridized carbons (Fsp3) is 0.545. The first-order chi connectivity index (χ1) is 14.2. The molecule has 3 heterocycles. The Kier molecular flexibility index (Phi) is 4.86. The molecule has 2 aromatic heterocycles. The van der Waals surface area contributed by atoms with Crippen LogP contribution in [0.1, 0.15) is 55.8 Å². The van der Waals surface area contributed by atoms with Crippen LogP contribution in [0, 0.1) is 5.41 Å². The Labute approximate surface area is 175 Å². The van der Waals surface area contributed by atoms with Crippen molar-refractivity contribution in [1.82, 2.24) is 24.6 Å². The van der Waals surface area contributed by atoms with E-state index in [0.717, 1.165) is 48.8 Å². The van der Waals surface area contributed by atoms with Crippen molar-refractivity contribution < 1.29 is 4.79 Å². The molecule has 3 aromatic rings. The van der Waals surface area contributed by atoms with Gasteiger partial charge < -0.3 is 9.47 Å². The molecule has 1 spiro atoms. The van der Waals surface area contributed by atoms with Gasteiger partial charge in [-0.2, -0.15) is 0 Å². The standard InChI is InChI=1S/C22H27N5OS/c1-2-26-15-23-25-21(26)16-13-27(14-22(16)11-6-12-22)20(28)10-5-9-19-24-17-7-3-4-8-18(17)29-19/h3-4,7-8,15-16H,2,5-6,9-14H2,1H3. The number of hydrogen-bond acceptors (Lipinski definition) is 5. The first kappa shape index (κ1) is 18.7. The van der Waals surface area contributed by atoms with Gasteiger partial charge in [0.15, 0.2) is 0 Å². The van der Waals surface area contributed by atoms with Crippen molar-refractivity contribution in [1.29, 1.82) is 0 Å². The van der Waals surface area contributed by atoms with Gasteiger partial charge in [0.25, 0.3) is 0 Å². The average molecular weight is 410 g/mol. The maximum atomic E-state index is 13.0. The summed E-state index contributed by atoms with van der Waals surface area (Å²) in [7, 11) is 0. The highest BCUT2D eigenvalue weighted by Gasteiger charge is 2.53. The lowest BCUT2D eigenvalue weighted by atomic mass is 9.62. The Hall–Kier alpha value is -2.28. The summed E-state index contributed by atoms with van der Waals surface area (Å²) in [5.74, 6) is 1.67. The number of hydrogen-bond donors (Lipinski definition) is 0. The molecule has 1 aliphatic heterocycles. The van der Waals surface area contributed by atoms with Crippen LogP contribution in [0.2, 0.25) is 0 Å². The lowest BCUT2D eigenvalue weighted by Gasteiger charge is -2.42. The molecule has 1 aromatic carbocycles. The Balaban J connectivity index is 1.22. The number of nitrogens with zero attached hydrogens (tertiary/aromatic N) is 5. The maximum Gasteiger partial charge on any atom is 0.222 e. The summed E-state index contributed by atoms with van der Waals surface area (Å²) in [6, 6.07) is 8.24. The van der Waals surface area contributed by atoms with E-state index in [1.807, 2.05) is 18.5 Å². The molecule has 1 atom stereocenters. The van der Waals surface area contributed by atoms with Crippen molar-refractivity contribution in [3.63, 3.8) is 0 Å². The lowest BCUT2D eigenvalue weighted by Crippen LogP contribution is -2.38. The third-order valence-electron chi connectivity index (χ3n) is 6.77. The van der Waals surface area contributed by atoms with E-state index < -0.39 is 0 Å². The van der Waals surface area contributed by atoms with Gasteiger partial charge >= 0.3 is 0 Å². The molecule has 29 heavy (non-hydrogen) atoms. The molecule has 6 nitrogen and oxygen atoms in total. The largest absolute Gasteiger partial charge is 0.341 e. The minimum absolute atomic E-state index is 0.225. The van der Waals surface area contributed by atoms with Gasteiger partial charge in [0.05, 0.1) is 15.2 Å². The summed E-state index contributed by atoms with van der Waals surface area (Å²) < 4.78 is 3.37. The van der Waals surface area contributed by atoms with E-state index in [-0.39, 0.29) is 11.3 Å². The Morgan fingerprint density at radius 1 is 1.31 bits per heavy atom. The summed E-state index contributed by atoms with van der Waals surface area (Å²) >= 11 is 1.74. The molecule has 0 N–H and O–H groups in total. The summed E-state index contributed by atoms with van der Waals surface area (Å²) in [5, 5.41) is 9.70. The molecule has 1 saturated carbocycles. The van der Waals surface area contributed by atoms with Crippen LogP contribution in [0.15, 0.2) is 30.6 Å². The minimum Gasteiger partial charge on any atom is -0.341 e. The van der Waals surface area contributed by atoms with Gasteiger partial charge in [-0.3, -0.25) is 4.79 Å². The number of fused-ring (bicyclic) bond motifs is 1. The zero-order chi connectivity index (χ0) is 19.8. The molecule has 1 aliphatic carbocycles. The van der Waals surface area contributed by atoms with Crippen LogP contribution in [0.5, 0.6) is 0 Å². The lowest BCUT2D eigenvalue weighted by molar-refractivity contribution is -0.130. The molecule has 1 amide bonds. The smallest absolute Gasteiger partial charge is 0.222 e. The number of benzene rings is 1. The quantitative estimate of drug-likeness (QED) is 0.617. The van der Waals surface area contributed by atoms with E-state index >= 15 is 0 Å². The van der Waals surface area contributed by atoms with Crippen LogP contribution < -0.4 is 0 Å². The van der Waals surface area contributed by atoms with Crippen LogP contribution in [0.25, 0.3) is 10.2 Å². The average Bonchev–Trinajstić information content (AvgIpc) is 3.42. The van der Waals surface area contributed by atoms with Crippen molar-refractivity contribution >= 4 is 27.5 Å². The highest BCUT2D eigenvalue weighted by Crippen LogP contribution is 2.55. The van der Waals surface area contributed by atoms with E-state index in [9.17, 15) is 4.79 Å². The van der Waals surface area contributed by atoms with Crippen molar-refractivity contribution in [3.05, 3.63) is 41.4 Å². The van der Waals surface area contributed by atoms with Gasteiger partial charge in [-0.05, 0) is 50.2 Å². The van der Waals surface area contributed by atoms with E-state index in [1.165, 1.54) is 24.0 Å². The number of amides is 1. The van der Waals surface area contributed by atoms with E-state index in [0.29, 0.717) is 12.3 Å². The van der Waals surface area contributed by atoms with Crippen molar-refractivity contribution in [2.45, 2.75) is 57.9 Å². The molecule has 7 heteroatoms. The van der Waals surface area contributed by atoms with Crippen LogP contribution >= 0.6 is 11.3 Å². The van der Waals surface area contributed by atoms with Crippen LogP contribution in [0.3, 0.4) is 0 Å². The number of para-hydroxylation sites is 1. The summed E-state index contributed by atoms with van der Waals surface area (Å²) in [6.07, 6.45) is 7.81. The maximum absolute atomic E-state index is 13.0. The zero-order valence-electron chi connectivity index (χ0n) is 16.9. The van der Waals surface area contributed by atoms with Crippen molar-refractivity contribution in [2.24, 2.45) is 5.41 Å². The van der Waals surface area contributed by atoms with E-state index in [1.54, 1.807) is 11.3 Å². The number of thiazole rings is 1. The van der Waals surface area contributed by atoms with Crippen LogP contribution in [-0.4, -0.2) is 43.6 Å². The molecule has 2 fully saturated rings. The Bertz CT molecular complexity index is 988. The highest BCUT2D eigenvalue weighted by atomic mass is 32.1. The van der Waals surface area contributed by atoms with Gasteiger partial charge in [-0.1, -0.05) is 18.6 Å². The van der Waals surface area contributed by atoms with Crippen LogP contribution in [0.4, 0.5) is 0 Å². The minimum atomic E-state index is 0.225. The third kappa shape index (κ3) is 3.35. The highest BCUT2D eigenvalue weighted by molar-refractivity contribution is 7.18. The fourth-order valence-corrected chi connectivity index (χ4v) is 6.01. The number of aromatic nitrogens is 4. The van der Waals surface area contributed by atoms with Gasteiger partial charge in [-0.15, -0.1) is 21.5 Å². The first-order valence-corrected chi connectivity index (χ1v) is 11.5. The summed E-state index contributed by atoms with van der Waals surface area (Å²) in [4.78, 5) is 19.8.